The molecule has 0 saturated carbocycles. The van der Waals surface area contributed by atoms with Gasteiger partial charge < -0.3 is 15.4 Å². The van der Waals surface area contributed by atoms with Crippen molar-refractivity contribution in [1.29, 1.82) is 0 Å². The number of nitrogens with zero attached hydrogens (tertiary/aromatic N) is 3. The molecule has 0 saturated heterocycles. The molecule has 0 bridgehead atoms. The number of imidazole rings is 1. The van der Waals surface area contributed by atoms with Gasteiger partial charge in [0.25, 0.3) is 5.56 Å². The topological polar surface area (TPSA) is 105 Å². The molecule has 2 heterocycles. The molecule has 2 aromatic rings. The largest absolute Gasteiger partial charge is 0.396 e. The summed E-state index contributed by atoms with van der Waals surface area (Å²) in [5, 5.41) is 12.1. The minimum absolute atomic E-state index is 0.148. The van der Waals surface area contributed by atoms with Crippen molar-refractivity contribution in [2.24, 2.45) is 20.0 Å². The van der Waals surface area contributed by atoms with Gasteiger partial charge in [0.1, 0.15) is 0 Å². The fraction of sp³-hybridized carbons (Fsp3) is 0.615. The van der Waals surface area contributed by atoms with E-state index in [1.54, 1.807) is 7.05 Å². The van der Waals surface area contributed by atoms with E-state index in [2.05, 4.69) is 22.2 Å². The Hall–Kier alpha value is -2.09. The summed E-state index contributed by atoms with van der Waals surface area (Å²) >= 11 is 0. The number of rotatable bonds is 6. The Kier molecular flexibility index (Phi) is 4.46. The molecule has 1 atom stereocenters. The van der Waals surface area contributed by atoms with Gasteiger partial charge in [0.2, 0.25) is 5.95 Å². The number of nitrogens with one attached hydrogen (secondary N) is 2. The lowest BCUT2D eigenvalue weighted by Crippen LogP contribution is -2.36. The predicted octanol–water partition coefficient (Wildman–Crippen LogP) is -0.219. The highest BCUT2D eigenvalue weighted by Gasteiger charge is 2.14. The minimum atomic E-state index is -0.405. The van der Waals surface area contributed by atoms with E-state index in [4.69, 9.17) is 5.11 Å². The van der Waals surface area contributed by atoms with E-state index in [0.717, 1.165) is 11.0 Å². The van der Waals surface area contributed by atoms with Gasteiger partial charge in [-0.25, -0.2) is 4.79 Å². The van der Waals surface area contributed by atoms with Crippen molar-refractivity contribution in [2.75, 3.05) is 18.5 Å². The summed E-state index contributed by atoms with van der Waals surface area (Å²) < 4.78 is 2.38. The van der Waals surface area contributed by atoms with Gasteiger partial charge in [-0.1, -0.05) is 13.3 Å². The third-order valence-electron chi connectivity index (χ3n) is 3.77. The predicted molar refractivity (Wildman–Crippen MR) is 80.5 cm³/mol. The highest BCUT2D eigenvalue weighted by Crippen LogP contribution is 2.11. The summed E-state index contributed by atoms with van der Waals surface area (Å²) in [5.41, 5.74) is -0.161. The smallest absolute Gasteiger partial charge is 0.332 e. The summed E-state index contributed by atoms with van der Waals surface area (Å²) in [6.45, 7) is 2.85. The van der Waals surface area contributed by atoms with Crippen LogP contribution in [-0.4, -0.2) is 37.4 Å². The Morgan fingerprint density at radius 1 is 1.33 bits per heavy atom. The summed E-state index contributed by atoms with van der Waals surface area (Å²) in [4.78, 5) is 31.0. The van der Waals surface area contributed by atoms with E-state index < -0.39 is 11.2 Å². The van der Waals surface area contributed by atoms with E-state index in [-0.39, 0.29) is 6.61 Å². The van der Waals surface area contributed by atoms with Crippen LogP contribution in [0.4, 0.5) is 5.95 Å². The van der Waals surface area contributed by atoms with E-state index in [0.29, 0.717) is 36.0 Å². The van der Waals surface area contributed by atoms with Crippen LogP contribution in [0.15, 0.2) is 9.59 Å². The van der Waals surface area contributed by atoms with Crippen LogP contribution in [0.25, 0.3) is 11.2 Å². The molecule has 0 amide bonds. The first kappa shape index (κ1) is 15.3. The molecule has 3 N–H and O–H groups in total. The first-order chi connectivity index (χ1) is 9.99. The first-order valence-corrected chi connectivity index (χ1v) is 7.00. The van der Waals surface area contributed by atoms with Crippen LogP contribution in [0.1, 0.15) is 19.8 Å². The van der Waals surface area contributed by atoms with Gasteiger partial charge in [0.05, 0.1) is 0 Å². The number of aliphatic hydroxyl groups excluding tert-OH is 1. The second-order valence-corrected chi connectivity index (χ2v) is 5.16. The van der Waals surface area contributed by atoms with Crippen molar-refractivity contribution in [3.8, 4) is 0 Å². The molecule has 21 heavy (non-hydrogen) atoms. The number of aryl methyl sites for hydroxylation is 1. The van der Waals surface area contributed by atoms with Gasteiger partial charge in [-0.15, -0.1) is 0 Å². The second kappa shape index (κ2) is 6.13. The molecule has 1 unspecified atom stereocenters. The molecule has 116 valence electrons. The van der Waals surface area contributed by atoms with Crippen LogP contribution in [0.3, 0.4) is 0 Å². The number of aromatic nitrogens is 4. The van der Waals surface area contributed by atoms with Crippen LogP contribution in [0.2, 0.25) is 0 Å². The number of H-pyrrole nitrogens is 1. The minimum Gasteiger partial charge on any atom is -0.396 e. The zero-order chi connectivity index (χ0) is 15.6. The molecular weight excluding hydrogens is 274 g/mol. The molecule has 0 fully saturated rings. The van der Waals surface area contributed by atoms with Gasteiger partial charge in [0.15, 0.2) is 11.2 Å². The number of fused-ring (bicyclic) bond motifs is 1. The normalized spacial score (nSPS) is 12.8. The van der Waals surface area contributed by atoms with Crippen molar-refractivity contribution < 1.29 is 5.11 Å². The van der Waals surface area contributed by atoms with Gasteiger partial charge in [-0.3, -0.25) is 13.9 Å². The summed E-state index contributed by atoms with van der Waals surface area (Å²) in [5.74, 6) is 0.787. The van der Waals surface area contributed by atoms with E-state index in [9.17, 15) is 9.59 Å². The summed E-state index contributed by atoms with van der Waals surface area (Å²) in [7, 11) is 3.02. The zero-order valence-electron chi connectivity index (χ0n) is 12.5. The number of aliphatic hydroxyl groups is 1. The fourth-order valence-corrected chi connectivity index (χ4v) is 2.28. The monoisotopic (exact) mass is 295 g/mol. The molecule has 0 spiro atoms. The van der Waals surface area contributed by atoms with E-state index in [1.165, 1.54) is 11.6 Å². The maximum Gasteiger partial charge on any atom is 0.332 e. The Bertz CT molecular complexity index is 743. The lowest BCUT2D eigenvalue weighted by Gasteiger charge is -2.13. The van der Waals surface area contributed by atoms with Crippen molar-refractivity contribution in [3.63, 3.8) is 0 Å². The highest BCUT2D eigenvalue weighted by molar-refractivity contribution is 5.72. The molecule has 0 aliphatic rings. The number of aromatic amines is 1. The molecule has 0 aromatic carbocycles. The van der Waals surface area contributed by atoms with Crippen LogP contribution < -0.4 is 16.6 Å². The molecule has 0 aliphatic heterocycles. The molecular formula is C13H21N5O3. The number of hydrogen-bond donors (Lipinski definition) is 3. The SMILES string of the molecule is CCC(CCO)CNc1nc2c([nH]1)c(=O)n(C)c(=O)n2C. The lowest BCUT2D eigenvalue weighted by atomic mass is 10.0. The Morgan fingerprint density at radius 2 is 2.05 bits per heavy atom. The van der Waals surface area contributed by atoms with Crippen LogP contribution in [0, 0.1) is 5.92 Å². The summed E-state index contributed by atoms with van der Waals surface area (Å²) in [6.07, 6.45) is 1.65. The lowest BCUT2D eigenvalue weighted by molar-refractivity contribution is 0.258. The molecule has 0 radical (unpaired) electrons. The Labute approximate surface area is 121 Å². The quantitative estimate of drug-likeness (QED) is 0.683. The molecule has 2 aromatic heterocycles. The molecule has 8 heteroatoms. The standard InChI is InChI=1S/C13H21N5O3/c1-4-8(5-6-19)7-14-12-15-9-10(16-12)17(2)13(21)18(3)11(9)20/h8,19H,4-7H2,1-3H3,(H2,14,15,16). The summed E-state index contributed by atoms with van der Waals surface area (Å²) in [6, 6.07) is 0. The first-order valence-electron chi connectivity index (χ1n) is 7.00. The van der Waals surface area contributed by atoms with Crippen LogP contribution in [-0.2, 0) is 14.1 Å². The van der Waals surface area contributed by atoms with E-state index >= 15 is 0 Å². The second-order valence-electron chi connectivity index (χ2n) is 5.16. The maximum absolute atomic E-state index is 12.0. The van der Waals surface area contributed by atoms with Gasteiger partial charge in [-0.05, 0) is 12.3 Å². The van der Waals surface area contributed by atoms with Crippen molar-refractivity contribution in [2.45, 2.75) is 19.8 Å². The van der Waals surface area contributed by atoms with Gasteiger partial charge in [0, 0.05) is 27.2 Å². The third kappa shape index (κ3) is 2.85. The van der Waals surface area contributed by atoms with E-state index in [1.807, 2.05) is 0 Å². The number of anilines is 1. The van der Waals surface area contributed by atoms with Crippen molar-refractivity contribution >= 4 is 17.1 Å². The van der Waals surface area contributed by atoms with Crippen molar-refractivity contribution in [3.05, 3.63) is 20.8 Å². The zero-order valence-corrected chi connectivity index (χ0v) is 12.5. The fourth-order valence-electron chi connectivity index (χ4n) is 2.28. The average molecular weight is 295 g/mol. The molecule has 8 nitrogen and oxygen atoms in total. The van der Waals surface area contributed by atoms with Gasteiger partial charge >= 0.3 is 5.69 Å². The average Bonchev–Trinajstić information content (AvgIpc) is 2.91. The third-order valence-corrected chi connectivity index (χ3v) is 3.77. The molecule has 2 rings (SSSR count). The van der Waals surface area contributed by atoms with Crippen LogP contribution >= 0.6 is 0 Å². The maximum atomic E-state index is 12.0. The van der Waals surface area contributed by atoms with Crippen molar-refractivity contribution in [1.82, 2.24) is 19.1 Å². The van der Waals surface area contributed by atoms with Gasteiger partial charge in [-0.2, -0.15) is 4.98 Å². The molecule has 0 aliphatic carbocycles. The highest BCUT2D eigenvalue weighted by atomic mass is 16.3. The number of hydrogen-bond acceptors (Lipinski definition) is 5. The Morgan fingerprint density at radius 3 is 2.67 bits per heavy atom. The Balaban J connectivity index is 2.32. The van der Waals surface area contributed by atoms with Crippen LogP contribution in [0.5, 0.6) is 0 Å².